The van der Waals surface area contributed by atoms with Gasteiger partial charge in [0, 0.05) is 7.11 Å². The molecule has 0 fully saturated rings. The van der Waals surface area contributed by atoms with E-state index in [0.29, 0.717) is 18.1 Å². The monoisotopic (exact) mass is 374 g/mol. The van der Waals surface area contributed by atoms with Crippen molar-refractivity contribution in [1.82, 2.24) is 20.1 Å². The molecule has 8 heteroatoms. The van der Waals surface area contributed by atoms with Crippen molar-refractivity contribution in [2.45, 2.75) is 19.4 Å². The van der Waals surface area contributed by atoms with Gasteiger partial charge in [0.15, 0.2) is 5.82 Å². The highest BCUT2D eigenvalue weighted by molar-refractivity contribution is 7.13. The van der Waals surface area contributed by atoms with Crippen molar-refractivity contribution in [3.8, 4) is 16.4 Å². The Morgan fingerprint density at radius 3 is 2.88 bits per heavy atom. The van der Waals surface area contributed by atoms with Crippen LogP contribution in [0.1, 0.15) is 24.0 Å². The number of ether oxygens (including phenoxy) is 1. The number of benzene rings is 1. The van der Waals surface area contributed by atoms with Crippen molar-refractivity contribution in [2.75, 3.05) is 13.7 Å². The maximum Gasteiger partial charge on any atom is 0.291 e. The average molecular weight is 374 g/mol. The van der Waals surface area contributed by atoms with Gasteiger partial charge in [0.05, 0.1) is 23.2 Å². The normalized spacial score (nSPS) is 12.1. The second-order valence-corrected chi connectivity index (χ2v) is 6.61. The van der Waals surface area contributed by atoms with Gasteiger partial charge in [0.2, 0.25) is 5.82 Å². The van der Waals surface area contributed by atoms with E-state index in [-0.39, 0.29) is 23.6 Å². The van der Waals surface area contributed by atoms with Crippen molar-refractivity contribution in [2.24, 2.45) is 0 Å². The number of amides is 1. The Balaban J connectivity index is 1.98. The van der Waals surface area contributed by atoms with E-state index in [4.69, 9.17) is 4.74 Å². The number of nitrogens with one attached hydrogen (secondary N) is 1. The van der Waals surface area contributed by atoms with Crippen LogP contribution >= 0.6 is 11.3 Å². The zero-order valence-electron chi connectivity index (χ0n) is 14.5. The molecule has 1 unspecified atom stereocenters. The molecule has 1 N–H and O–H groups in total. The molecule has 26 heavy (non-hydrogen) atoms. The number of nitrogens with zero attached hydrogens (tertiary/aromatic N) is 3. The van der Waals surface area contributed by atoms with Gasteiger partial charge in [0.1, 0.15) is 5.82 Å². The Labute approximate surface area is 154 Å². The molecule has 0 bridgehead atoms. The van der Waals surface area contributed by atoms with Gasteiger partial charge in [0.25, 0.3) is 5.91 Å². The third-order valence-corrected chi connectivity index (χ3v) is 4.67. The molecule has 0 saturated heterocycles. The molecule has 0 aliphatic heterocycles. The third-order valence-electron chi connectivity index (χ3n) is 3.80. The Bertz CT molecular complexity index is 879. The van der Waals surface area contributed by atoms with Crippen LogP contribution in [0.2, 0.25) is 0 Å². The lowest BCUT2D eigenvalue weighted by atomic mass is 10.2. The molecule has 2 heterocycles. The van der Waals surface area contributed by atoms with E-state index in [1.54, 1.807) is 19.2 Å². The zero-order chi connectivity index (χ0) is 18.5. The molecule has 136 valence electrons. The van der Waals surface area contributed by atoms with E-state index in [0.717, 1.165) is 11.3 Å². The van der Waals surface area contributed by atoms with Crippen LogP contribution in [0.15, 0.2) is 41.8 Å². The summed E-state index contributed by atoms with van der Waals surface area (Å²) in [6, 6.07) is 9.66. The maximum atomic E-state index is 13.6. The van der Waals surface area contributed by atoms with E-state index >= 15 is 0 Å². The Morgan fingerprint density at radius 2 is 2.23 bits per heavy atom. The topological polar surface area (TPSA) is 69.0 Å². The summed E-state index contributed by atoms with van der Waals surface area (Å²) in [5.41, 5.74) is 0.504. The highest BCUT2D eigenvalue weighted by atomic mass is 32.1. The first-order valence-electron chi connectivity index (χ1n) is 8.19. The minimum absolute atomic E-state index is 0.0345. The van der Waals surface area contributed by atoms with E-state index in [1.165, 1.54) is 28.2 Å². The molecular weight excluding hydrogens is 355 g/mol. The van der Waals surface area contributed by atoms with Crippen LogP contribution in [0, 0.1) is 5.82 Å². The molecule has 3 rings (SSSR count). The van der Waals surface area contributed by atoms with Crippen LogP contribution in [-0.2, 0) is 4.74 Å². The molecule has 6 nitrogen and oxygen atoms in total. The van der Waals surface area contributed by atoms with Crippen molar-refractivity contribution < 1.29 is 13.9 Å². The summed E-state index contributed by atoms with van der Waals surface area (Å²) in [7, 11) is 1.58. The van der Waals surface area contributed by atoms with Gasteiger partial charge in [-0.15, -0.1) is 16.4 Å². The van der Waals surface area contributed by atoms with Crippen LogP contribution in [0.4, 0.5) is 4.39 Å². The number of hydrogen-bond donors (Lipinski definition) is 1. The van der Waals surface area contributed by atoms with Crippen LogP contribution in [0.5, 0.6) is 0 Å². The Morgan fingerprint density at radius 1 is 1.38 bits per heavy atom. The summed E-state index contributed by atoms with van der Waals surface area (Å²) in [5, 5.41) is 9.09. The number of aromatic nitrogens is 3. The highest BCUT2D eigenvalue weighted by Crippen LogP contribution is 2.25. The molecule has 0 spiro atoms. The summed E-state index contributed by atoms with van der Waals surface area (Å²) >= 11 is 1.47. The fourth-order valence-corrected chi connectivity index (χ4v) is 3.17. The number of thiophene rings is 1. The number of carbonyl (C=O) groups excluding carboxylic acids is 1. The molecule has 0 aliphatic carbocycles. The largest absolute Gasteiger partial charge is 0.383 e. The summed E-state index contributed by atoms with van der Waals surface area (Å²) < 4.78 is 20.2. The predicted octanol–water partition coefficient (Wildman–Crippen LogP) is 3.29. The van der Waals surface area contributed by atoms with E-state index in [2.05, 4.69) is 15.4 Å². The zero-order valence-corrected chi connectivity index (χ0v) is 15.3. The minimum Gasteiger partial charge on any atom is -0.383 e. The smallest absolute Gasteiger partial charge is 0.291 e. The second kappa shape index (κ2) is 8.20. The van der Waals surface area contributed by atoms with Gasteiger partial charge in [-0.3, -0.25) is 4.79 Å². The molecular formula is C18H19FN4O2S. The fourth-order valence-electron chi connectivity index (χ4n) is 2.47. The lowest BCUT2D eigenvalue weighted by molar-refractivity contribution is 0.0884. The molecule has 1 amide bonds. The predicted molar refractivity (Wildman–Crippen MR) is 98.1 cm³/mol. The van der Waals surface area contributed by atoms with E-state index in [1.807, 2.05) is 24.4 Å². The van der Waals surface area contributed by atoms with Gasteiger partial charge in [-0.05, 0) is 36.1 Å². The quantitative estimate of drug-likeness (QED) is 0.689. The molecule has 0 radical (unpaired) electrons. The van der Waals surface area contributed by atoms with Crippen LogP contribution in [0.25, 0.3) is 16.4 Å². The molecule has 1 atom stereocenters. The number of carbonyl (C=O) groups is 1. The molecule has 3 aromatic rings. The first-order chi connectivity index (χ1) is 12.6. The van der Waals surface area contributed by atoms with Gasteiger partial charge in [-0.25, -0.2) is 14.1 Å². The standard InChI is InChI=1S/C18H19FN4O2S/c1-3-13(11-25-2)20-18(24)16-21-17(15-8-5-9-26-15)23(22-16)14-7-4-6-12(19)10-14/h4-10,13H,3,11H2,1-2H3,(H,20,24). The Kier molecular flexibility index (Phi) is 5.75. The van der Waals surface area contributed by atoms with Crippen LogP contribution in [0.3, 0.4) is 0 Å². The van der Waals surface area contributed by atoms with Crippen molar-refractivity contribution >= 4 is 17.2 Å². The number of rotatable bonds is 7. The van der Waals surface area contributed by atoms with Crippen molar-refractivity contribution in [3.05, 3.63) is 53.4 Å². The number of halogens is 1. The van der Waals surface area contributed by atoms with Gasteiger partial charge in [-0.1, -0.05) is 19.1 Å². The van der Waals surface area contributed by atoms with Gasteiger partial charge < -0.3 is 10.1 Å². The SMILES string of the molecule is CCC(COC)NC(=O)c1nc(-c2cccs2)n(-c2cccc(F)c2)n1. The molecule has 2 aromatic heterocycles. The van der Waals surface area contributed by atoms with Crippen LogP contribution in [-0.4, -0.2) is 40.4 Å². The summed E-state index contributed by atoms with van der Waals surface area (Å²) in [6.45, 7) is 2.37. The lowest BCUT2D eigenvalue weighted by Gasteiger charge is -2.14. The average Bonchev–Trinajstić information content (AvgIpc) is 3.30. The summed E-state index contributed by atoms with van der Waals surface area (Å²) in [6.07, 6.45) is 0.724. The number of methoxy groups -OCH3 is 1. The van der Waals surface area contributed by atoms with Crippen molar-refractivity contribution in [1.29, 1.82) is 0 Å². The number of hydrogen-bond acceptors (Lipinski definition) is 5. The minimum atomic E-state index is -0.387. The summed E-state index contributed by atoms with van der Waals surface area (Å²) in [4.78, 5) is 17.8. The van der Waals surface area contributed by atoms with Crippen molar-refractivity contribution in [3.63, 3.8) is 0 Å². The lowest BCUT2D eigenvalue weighted by Crippen LogP contribution is -2.38. The fraction of sp³-hybridized carbons (Fsp3) is 0.278. The van der Waals surface area contributed by atoms with E-state index in [9.17, 15) is 9.18 Å². The molecule has 1 aromatic carbocycles. The first-order valence-corrected chi connectivity index (χ1v) is 9.07. The second-order valence-electron chi connectivity index (χ2n) is 5.66. The highest BCUT2D eigenvalue weighted by Gasteiger charge is 2.21. The molecule has 0 aliphatic rings. The third kappa shape index (κ3) is 3.97. The van der Waals surface area contributed by atoms with Gasteiger partial charge >= 0.3 is 0 Å². The maximum absolute atomic E-state index is 13.6. The Hall–Kier alpha value is -2.58. The van der Waals surface area contributed by atoms with E-state index < -0.39 is 0 Å². The summed E-state index contributed by atoms with van der Waals surface area (Å²) in [5.74, 6) is -0.239. The van der Waals surface area contributed by atoms with Crippen LogP contribution < -0.4 is 5.32 Å². The van der Waals surface area contributed by atoms with Gasteiger partial charge in [-0.2, -0.15) is 0 Å². The first kappa shape index (κ1) is 18.2. The molecule has 0 saturated carbocycles.